The highest BCUT2D eigenvalue weighted by Crippen LogP contribution is 2.38. The van der Waals surface area contributed by atoms with Gasteiger partial charge in [0.25, 0.3) is 0 Å². The highest BCUT2D eigenvalue weighted by molar-refractivity contribution is 7.89. The van der Waals surface area contributed by atoms with Crippen LogP contribution in [0.3, 0.4) is 0 Å². The van der Waals surface area contributed by atoms with Gasteiger partial charge in [-0.15, -0.1) is 0 Å². The van der Waals surface area contributed by atoms with E-state index in [0.717, 1.165) is 6.42 Å². The van der Waals surface area contributed by atoms with Gasteiger partial charge in [0.15, 0.2) is 0 Å². The number of benzene rings is 1. The minimum Gasteiger partial charge on any atom is -0.376 e. The van der Waals surface area contributed by atoms with Crippen LogP contribution in [0.4, 0.5) is 0 Å². The molecule has 0 bridgehead atoms. The van der Waals surface area contributed by atoms with Crippen LogP contribution >= 0.6 is 0 Å². The Morgan fingerprint density at radius 2 is 2.24 bits per heavy atom. The highest BCUT2D eigenvalue weighted by atomic mass is 32.2. The Balaban J connectivity index is 1.86. The molecule has 0 amide bonds. The van der Waals surface area contributed by atoms with Crippen molar-refractivity contribution in [2.45, 2.75) is 36.4 Å². The van der Waals surface area contributed by atoms with Gasteiger partial charge in [-0.25, -0.2) is 13.1 Å². The lowest BCUT2D eigenvalue weighted by atomic mass is 9.73. The lowest BCUT2D eigenvalue weighted by molar-refractivity contribution is -0.00924. The van der Waals surface area contributed by atoms with Gasteiger partial charge in [-0.1, -0.05) is 6.07 Å². The van der Waals surface area contributed by atoms with E-state index >= 15 is 0 Å². The van der Waals surface area contributed by atoms with Crippen LogP contribution in [-0.2, 0) is 14.8 Å². The number of sulfonamides is 1. The van der Waals surface area contributed by atoms with E-state index < -0.39 is 16.1 Å². The lowest BCUT2D eigenvalue weighted by Gasteiger charge is -2.45. The molecule has 1 saturated heterocycles. The Kier molecular flexibility index (Phi) is 3.50. The Morgan fingerprint density at radius 3 is 2.95 bits per heavy atom. The molecule has 0 radical (unpaired) electrons. The van der Waals surface area contributed by atoms with Crippen LogP contribution < -0.4 is 10.5 Å². The van der Waals surface area contributed by atoms with Crippen LogP contribution in [0.15, 0.2) is 23.1 Å². The van der Waals surface area contributed by atoms with Gasteiger partial charge >= 0.3 is 0 Å². The molecule has 112 valence electrons. The van der Waals surface area contributed by atoms with Gasteiger partial charge in [-0.05, 0) is 31.0 Å². The summed E-state index contributed by atoms with van der Waals surface area (Å²) in [7, 11) is -3.72. The number of rotatable bonds is 3. The maximum atomic E-state index is 12.5. The molecule has 2 fully saturated rings. The van der Waals surface area contributed by atoms with Crippen LogP contribution in [0, 0.1) is 24.2 Å². The molecule has 3 N–H and O–H groups in total. The fourth-order valence-corrected chi connectivity index (χ4v) is 4.65. The van der Waals surface area contributed by atoms with E-state index in [2.05, 4.69) is 4.72 Å². The number of hydrogen-bond donors (Lipinski definition) is 2. The van der Waals surface area contributed by atoms with Crippen molar-refractivity contribution in [1.29, 1.82) is 5.26 Å². The summed E-state index contributed by atoms with van der Waals surface area (Å²) in [6.07, 6.45) is 0.752. The molecule has 7 heteroatoms. The van der Waals surface area contributed by atoms with Gasteiger partial charge in [0, 0.05) is 18.6 Å². The average Bonchev–Trinajstić information content (AvgIpc) is 2.90. The minimum atomic E-state index is -3.72. The molecule has 1 aliphatic heterocycles. The molecule has 2 aliphatic rings. The van der Waals surface area contributed by atoms with Crippen LogP contribution in [-0.4, -0.2) is 33.2 Å². The van der Waals surface area contributed by atoms with Crippen molar-refractivity contribution in [3.63, 3.8) is 0 Å². The number of nitrogens with one attached hydrogen (secondary N) is 1. The van der Waals surface area contributed by atoms with Crippen molar-refractivity contribution < 1.29 is 13.2 Å². The summed E-state index contributed by atoms with van der Waals surface area (Å²) in [5, 5.41) is 8.92. The summed E-state index contributed by atoms with van der Waals surface area (Å²) in [6, 6.07) is 5.95. The van der Waals surface area contributed by atoms with Crippen molar-refractivity contribution in [2.75, 3.05) is 6.61 Å². The van der Waals surface area contributed by atoms with Crippen molar-refractivity contribution >= 4 is 10.0 Å². The van der Waals surface area contributed by atoms with Gasteiger partial charge in [0.05, 0.1) is 28.7 Å². The van der Waals surface area contributed by atoms with Crippen molar-refractivity contribution in [2.24, 2.45) is 11.7 Å². The second-order valence-corrected chi connectivity index (χ2v) is 7.29. The Hall–Kier alpha value is -1.46. The van der Waals surface area contributed by atoms with Gasteiger partial charge < -0.3 is 10.5 Å². The number of nitrogens with two attached hydrogens (primary N) is 1. The number of aryl methyl sites for hydroxylation is 1. The number of fused-ring (bicyclic) bond motifs is 1. The standard InChI is InChI=1S/C14H17N3O3S/c1-8-2-3-9(7-15)6-11(8)21(18,19)17-13-12(16)10-4-5-20-14(10)13/h2-3,6,10,12-14,17H,4-5,16H2,1H3. The number of ether oxygens (including phenoxy) is 1. The summed E-state index contributed by atoms with van der Waals surface area (Å²) < 4.78 is 33.2. The zero-order chi connectivity index (χ0) is 15.2. The molecule has 1 saturated carbocycles. The lowest BCUT2D eigenvalue weighted by Crippen LogP contribution is -2.68. The third-order valence-corrected chi connectivity index (χ3v) is 5.95. The van der Waals surface area contributed by atoms with Crippen LogP contribution in [0.1, 0.15) is 17.5 Å². The second-order valence-electron chi connectivity index (χ2n) is 5.60. The molecule has 21 heavy (non-hydrogen) atoms. The summed E-state index contributed by atoms with van der Waals surface area (Å²) >= 11 is 0. The summed E-state index contributed by atoms with van der Waals surface area (Å²) in [4.78, 5) is 0.121. The molecule has 1 aliphatic carbocycles. The van der Waals surface area contributed by atoms with Gasteiger partial charge in [-0.2, -0.15) is 5.26 Å². The molecule has 1 aromatic carbocycles. The van der Waals surface area contributed by atoms with Gasteiger partial charge in [0.2, 0.25) is 10.0 Å². The van der Waals surface area contributed by atoms with E-state index in [-0.39, 0.29) is 23.0 Å². The van der Waals surface area contributed by atoms with Crippen molar-refractivity contribution in [3.8, 4) is 6.07 Å². The number of nitriles is 1. The van der Waals surface area contributed by atoms with Crippen molar-refractivity contribution in [1.82, 2.24) is 4.72 Å². The Bertz CT molecular complexity index is 711. The first-order chi connectivity index (χ1) is 9.94. The van der Waals surface area contributed by atoms with Crippen molar-refractivity contribution in [3.05, 3.63) is 29.3 Å². The molecule has 6 nitrogen and oxygen atoms in total. The predicted molar refractivity (Wildman–Crippen MR) is 75.8 cm³/mol. The summed E-state index contributed by atoms with van der Waals surface area (Å²) in [5.41, 5.74) is 6.94. The number of nitrogens with zero attached hydrogens (tertiary/aromatic N) is 1. The van der Waals surface area contributed by atoms with E-state index in [1.807, 2.05) is 6.07 Å². The van der Waals surface area contributed by atoms with E-state index in [4.69, 9.17) is 15.7 Å². The molecule has 1 aromatic rings. The summed E-state index contributed by atoms with van der Waals surface area (Å²) in [6.45, 7) is 2.33. The van der Waals surface area contributed by atoms with Crippen LogP contribution in [0.25, 0.3) is 0 Å². The van der Waals surface area contributed by atoms with Gasteiger partial charge in [-0.3, -0.25) is 0 Å². The predicted octanol–water partition coefficient (Wildman–Crippen LogP) is 0.260. The third-order valence-electron chi connectivity index (χ3n) is 4.34. The van der Waals surface area contributed by atoms with E-state index in [9.17, 15) is 8.42 Å². The normalized spacial score (nSPS) is 31.3. The fourth-order valence-electron chi connectivity index (χ4n) is 3.10. The van der Waals surface area contributed by atoms with E-state index in [0.29, 0.717) is 17.7 Å². The largest absolute Gasteiger partial charge is 0.376 e. The zero-order valence-corrected chi connectivity index (χ0v) is 12.4. The first-order valence-electron chi connectivity index (χ1n) is 6.84. The maximum Gasteiger partial charge on any atom is 0.241 e. The monoisotopic (exact) mass is 307 g/mol. The first kappa shape index (κ1) is 14.5. The molecule has 1 heterocycles. The minimum absolute atomic E-state index is 0.121. The SMILES string of the molecule is Cc1ccc(C#N)cc1S(=O)(=O)NC1C(N)C2CCOC21. The zero-order valence-electron chi connectivity index (χ0n) is 11.6. The molecular formula is C14H17N3O3S. The van der Waals surface area contributed by atoms with Gasteiger partial charge in [0.1, 0.15) is 0 Å². The average molecular weight is 307 g/mol. The quantitative estimate of drug-likeness (QED) is 0.833. The molecule has 4 atom stereocenters. The van der Waals surface area contributed by atoms with E-state index in [1.165, 1.54) is 6.07 Å². The fraction of sp³-hybridized carbons (Fsp3) is 0.500. The maximum absolute atomic E-state index is 12.5. The molecule has 0 spiro atoms. The van der Waals surface area contributed by atoms with Crippen LogP contribution in [0.5, 0.6) is 0 Å². The Labute approximate surface area is 123 Å². The molecule has 0 aromatic heterocycles. The molecular weight excluding hydrogens is 290 g/mol. The van der Waals surface area contributed by atoms with Crippen LogP contribution in [0.2, 0.25) is 0 Å². The smallest absolute Gasteiger partial charge is 0.241 e. The summed E-state index contributed by atoms with van der Waals surface area (Å²) in [5.74, 6) is 0.240. The first-order valence-corrected chi connectivity index (χ1v) is 8.32. The highest BCUT2D eigenvalue weighted by Gasteiger charge is 2.53. The third kappa shape index (κ3) is 2.34. The second kappa shape index (κ2) is 5.07. The van der Waals surface area contributed by atoms with E-state index in [1.54, 1.807) is 19.1 Å². The number of hydrogen-bond acceptors (Lipinski definition) is 5. The molecule has 4 unspecified atom stereocenters. The topological polar surface area (TPSA) is 105 Å². The molecule has 3 rings (SSSR count). The Morgan fingerprint density at radius 1 is 1.48 bits per heavy atom.